The molecule has 0 aromatic heterocycles. The van der Waals surface area contributed by atoms with E-state index in [1.165, 1.54) is 0 Å². The predicted octanol–water partition coefficient (Wildman–Crippen LogP) is 2.79. The first-order valence-corrected chi connectivity index (χ1v) is 4.45. The molecule has 2 nitrogen and oxygen atoms in total. The Kier molecular flexibility index (Phi) is 3.18. The highest BCUT2D eigenvalue weighted by Crippen LogP contribution is 2.30. The first-order valence-electron chi connectivity index (χ1n) is 4.45. The van der Waals surface area contributed by atoms with Crippen molar-refractivity contribution in [1.82, 2.24) is 0 Å². The third-order valence-corrected chi connectivity index (χ3v) is 1.75. The van der Waals surface area contributed by atoms with Gasteiger partial charge in [0.25, 0.3) is 0 Å². The maximum Gasteiger partial charge on any atom is 0.164 e. The Balaban J connectivity index is 3.00. The summed E-state index contributed by atoms with van der Waals surface area (Å²) in [5.74, 6) is 1.65. The second kappa shape index (κ2) is 4.17. The fourth-order valence-corrected chi connectivity index (χ4v) is 1.17. The molecular weight excluding hydrogens is 164 g/mol. The monoisotopic (exact) mass is 180 g/mol. The van der Waals surface area contributed by atoms with Crippen molar-refractivity contribution in [3.8, 4) is 11.5 Å². The molecule has 0 N–H and O–H groups in total. The molecule has 0 radical (unpaired) electrons. The summed E-state index contributed by atoms with van der Waals surface area (Å²) in [7, 11) is 1.65. The lowest BCUT2D eigenvalue weighted by molar-refractivity contribution is 0.228. The molecule has 0 amide bonds. The molecule has 0 saturated carbocycles. The number of benzene rings is 1. The van der Waals surface area contributed by atoms with Gasteiger partial charge in [-0.3, -0.25) is 0 Å². The van der Waals surface area contributed by atoms with Crippen LogP contribution in [0.3, 0.4) is 0 Å². The summed E-state index contributed by atoms with van der Waals surface area (Å²) in [5, 5.41) is 0. The molecular formula is C11H16O2. The minimum absolute atomic E-state index is 0.176. The molecule has 0 fully saturated rings. The van der Waals surface area contributed by atoms with Gasteiger partial charge in [-0.2, -0.15) is 0 Å². The summed E-state index contributed by atoms with van der Waals surface area (Å²) in [6.45, 7) is 6.03. The highest BCUT2D eigenvalue weighted by atomic mass is 16.5. The van der Waals surface area contributed by atoms with Crippen LogP contribution in [0.4, 0.5) is 0 Å². The molecule has 0 saturated heterocycles. The van der Waals surface area contributed by atoms with Gasteiger partial charge in [0.15, 0.2) is 11.5 Å². The number of hydrogen-bond donors (Lipinski definition) is 0. The Labute approximate surface area is 79.5 Å². The minimum atomic E-state index is 0.176. The summed E-state index contributed by atoms with van der Waals surface area (Å²) in [6, 6.07) is 5.88. The van der Waals surface area contributed by atoms with Crippen molar-refractivity contribution in [2.45, 2.75) is 26.9 Å². The maximum atomic E-state index is 5.64. The van der Waals surface area contributed by atoms with Gasteiger partial charge in [-0.05, 0) is 32.4 Å². The van der Waals surface area contributed by atoms with Crippen LogP contribution in [0, 0.1) is 6.92 Å². The molecule has 1 rings (SSSR count). The maximum absolute atomic E-state index is 5.64. The van der Waals surface area contributed by atoms with E-state index < -0.39 is 0 Å². The Bertz CT molecular complexity index is 279. The quantitative estimate of drug-likeness (QED) is 0.712. The van der Waals surface area contributed by atoms with Crippen LogP contribution in [-0.4, -0.2) is 13.2 Å². The van der Waals surface area contributed by atoms with Crippen molar-refractivity contribution < 1.29 is 9.47 Å². The van der Waals surface area contributed by atoms with E-state index in [1.807, 2.05) is 39.0 Å². The molecule has 0 bridgehead atoms. The number of rotatable bonds is 3. The summed E-state index contributed by atoms with van der Waals surface area (Å²) >= 11 is 0. The van der Waals surface area contributed by atoms with Crippen LogP contribution in [0.15, 0.2) is 18.2 Å². The molecule has 72 valence electrons. The number of ether oxygens (including phenoxy) is 2. The lowest BCUT2D eigenvalue weighted by Crippen LogP contribution is -2.07. The molecule has 0 unspecified atom stereocenters. The molecule has 1 aromatic rings. The average molecular weight is 180 g/mol. The topological polar surface area (TPSA) is 18.5 Å². The number of methoxy groups -OCH3 is 1. The SMILES string of the molecule is COc1cccc(C)c1OC(C)C. The Morgan fingerprint density at radius 1 is 1.23 bits per heavy atom. The van der Waals surface area contributed by atoms with Crippen LogP contribution in [0.2, 0.25) is 0 Å². The Hall–Kier alpha value is -1.18. The second-order valence-corrected chi connectivity index (χ2v) is 3.27. The number of para-hydroxylation sites is 1. The lowest BCUT2D eigenvalue weighted by atomic mass is 10.2. The molecule has 0 spiro atoms. The molecule has 0 aliphatic heterocycles. The van der Waals surface area contributed by atoms with Crippen molar-refractivity contribution >= 4 is 0 Å². The van der Waals surface area contributed by atoms with Crippen molar-refractivity contribution in [3.05, 3.63) is 23.8 Å². The van der Waals surface area contributed by atoms with Gasteiger partial charge in [0.05, 0.1) is 13.2 Å². The van der Waals surface area contributed by atoms with Gasteiger partial charge in [-0.15, -0.1) is 0 Å². The largest absolute Gasteiger partial charge is 0.493 e. The van der Waals surface area contributed by atoms with Crippen molar-refractivity contribution in [3.63, 3.8) is 0 Å². The van der Waals surface area contributed by atoms with E-state index >= 15 is 0 Å². The van der Waals surface area contributed by atoms with Gasteiger partial charge >= 0.3 is 0 Å². The van der Waals surface area contributed by atoms with Crippen LogP contribution < -0.4 is 9.47 Å². The van der Waals surface area contributed by atoms with E-state index in [9.17, 15) is 0 Å². The van der Waals surface area contributed by atoms with Gasteiger partial charge in [-0.25, -0.2) is 0 Å². The summed E-state index contributed by atoms with van der Waals surface area (Å²) in [5.41, 5.74) is 1.10. The first kappa shape index (κ1) is 9.90. The highest BCUT2D eigenvalue weighted by molar-refractivity contribution is 5.45. The van der Waals surface area contributed by atoms with E-state index in [-0.39, 0.29) is 6.10 Å². The predicted molar refractivity (Wildman–Crippen MR) is 53.5 cm³/mol. The fourth-order valence-electron chi connectivity index (χ4n) is 1.17. The minimum Gasteiger partial charge on any atom is -0.493 e. The van der Waals surface area contributed by atoms with Gasteiger partial charge in [-0.1, -0.05) is 12.1 Å². The number of hydrogen-bond acceptors (Lipinski definition) is 2. The third kappa shape index (κ3) is 2.38. The van der Waals surface area contributed by atoms with Crippen molar-refractivity contribution in [2.75, 3.05) is 7.11 Å². The molecule has 0 atom stereocenters. The van der Waals surface area contributed by atoms with Crippen LogP contribution in [0.5, 0.6) is 11.5 Å². The van der Waals surface area contributed by atoms with Gasteiger partial charge in [0.2, 0.25) is 0 Å². The average Bonchev–Trinajstić information content (AvgIpc) is 2.08. The van der Waals surface area contributed by atoms with E-state index in [4.69, 9.17) is 9.47 Å². The van der Waals surface area contributed by atoms with Gasteiger partial charge in [0.1, 0.15) is 0 Å². The van der Waals surface area contributed by atoms with Crippen LogP contribution in [0.25, 0.3) is 0 Å². The normalized spacial score (nSPS) is 10.2. The molecule has 0 heterocycles. The number of aryl methyl sites for hydroxylation is 1. The van der Waals surface area contributed by atoms with Gasteiger partial charge in [0, 0.05) is 0 Å². The third-order valence-electron chi connectivity index (χ3n) is 1.75. The summed E-state index contributed by atoms with van der Waals surface area (Å²) in [6.07, 6.45) is 0.176. The zero-order valence-electron chi connectivity index (χ0n) is 8.63. The van der Waals surface area contributed by atoms with E-state index in [2.05, 4.69) is 0 Å². The smallest absolute Gasteiger partial charge is 0.164 e. The Morgan fingerprint density at radius 3 is 2.46 bits per heavy atom. The molecule has 13 heavy (non-hydrogen) atoms. The molecule has 0 aliphatic carbocycles. The summed E-state index contributed by atoms with van der Waals surface area (Å²) in [4.78, 5) is 0. The standard InChI is InChI=1S/C11H16O2/c1-8(2)13-11-9(3)6-5-7-10(11)12-4/h5-8H,1-4H3. The van der Waals surface area contributed by atoms with E-state index in [0.29, 0.717) is 0 Å². The fraction of sp³-hybridized carbons (Fsp3) is 0.455. The zero-order chi connectivity index (χ0) is 9.84. The molecule has 2 heteroatoms. The Morgan fingerprint density at radius 2 is 1.92 bits per heavy atom. The van der Waals surface area contributed by atoms with E-state index in [0.717, 1.165) is 17.1 Å². The highest BCUT2D eigenvalue weighted by Gasteiger charge is 2.08. The molecule has 0 aliphatic rings. The van der Waals surface area contributed by atoms with Gasteiger partial charge < -0.3 is 9.47 Å². The van der Waals surface area contributed by atoms with Crippen molar-refractivity contribution in [1.29, 1.82) is 0 Å². The van der Waals surface area contributed by atoms with Crippen LogP contribution in [-0.2, 0) is 0 Å². The van der Waals surface area contributed by atoms with Crippen LogP contribution >= 0.6 is 0 Å². The van der Waals surface area contributed by atoms with Crippen LogP contribution in [0.1, 0.15) is 19.4 Å². The van der Waals surface area contributed by atoms with Crippen molar-refractivity contribution in [2.24, 2.45) is 0 Å². The molecule has 1 aromatic carbocycles. The first-order chi connectivity index (χ1) is 6.15. The zero-order valence-corrected chi connectivity index (χ0v) is 8.63. The summed E-state index contributed by atoms with van der Waals surface area (Å²) < 4.78 is 10.8. The second-order valence-electron chi connectivity index (χ2n) is 3.27. The van der Waals surface area contributed by atoms with E-state index in [1.54, 1.807) is 7.11 Å². The lowest BCUT2D eigenvalue weighted by Gasteiger charge is -2.15.